The van der Waals surface area contributed by atoms with Gasteiger partial charge in [0.2, 0.25) is 11.8 Å². The van der Waals surface area contributed by atoms with Crippen molar-refractivity contribution in [2.75, 3.05) is 5.75 Å². The summed E-state index contributed by atoms with van der Waals surface area (Å²) in [5.74, 6) is 0.726. The minimum absolute atomic E-state index is 0.0970. The van der Waals surface area contributed by atoms with Crippen LogP contribution < -0.4 is 5.32 Å². The van der Waals surface area contributed by atoms with Crippen molar-refractivity contribution >= 4 is 46.8 Å². The minimum atomic E-state index is -0.624. The summed E-state index contributed by atoms with van der Waals surface area (Å²) in [4.78, 5) is 27.5. The van der Waals surface area contributed by atoms with E-state index in [1.54, 1.807) is 24.0 Å². The van der Waals surface area contributed by atoms with Gasteiger partial charge in [-0.25, -0.2) is 0 Å². The van der Waals surface area contributed by atoms with Crippen molar-refractivity contribution in [2.45, 2.75) is 58.5 Å². The Morgan fingerprint density at radius 2 is 1.77 bits per heavy atom. The lowest BCUT2D eigenvalue weighted by Gasteiger charge is -2.31. The molecule has 7 heteroatoms. The van der Waals surface area contributed by atoms with E-state index in [9.17, 15) is 9.59 Å². The smallest absolute Gasteiger partial charge is 0.242 e. The molecule has 31 heavy (non-hydrogen) atoms. The van der Waals surface area contributed by atoms with Gasteiger partial charge in [0.15, 0.2) is 0 Å². The fourth-order valence-corrected chi connectivity index (χ4v) is 4.21. The number of aryl methyl sites for hydroxylation is 1. The topological polar surface area (TPSA) is 49.4 Å². The van der Waals surface area contributed by atoms with E-state index in [0.717, 1.165) is 11.3 Å². The molecule has 0 saturated carbocycles. The molecule has 2 rings (SSSR count). The van der Waals surface area contributed by atoms with E-state index in [1.165, 1.54) is 22.9 Å². The first kappa shape index (κ1) is 25.6. The first-order valence-corrected chi connectivity index (χ1v) is 12.1. The van der Waals surface area contributed by atoms with Crippen LogP contribution in [0.25, 0.3) is 0 Å². The molecule has 2 aromatic rings. The lowest BCUT2D eigenvalue weighted by molar-refractivity contribution is -0.139. The number of hydrogen-bond acceptors (Lipinski definition) is 3. The quantitative estimate of drug-likeness (QED) is 0.513. The van der Waals surface area contributed by atoms with Crippen LogP contribution in [-0.4, -0.2) is 34.0 Å². The van der Waals surface area contributed by atoms with Crippen LogP contribution in [0.4, 0.5) is 0 Å². The molecule has 0 bridgehead atoms. The van der Waals surface area contributed by atoms with E-state index in [2.05, 4.69) is 17.4 Å². The summed E-state index contributed by atoms with van der Waals surface area (Å²) in [5, 5.41) is 3.84. The Labute approximate surface area is 199 Å². The Morgan fingerprint density at radius 1 is 1.06 bits per heavy atom. The number of hydrogen-bond donors (Lipinski definition) is 1. The number of amides is 2. The van der Waals surface area contributed by atoms with Crippen LogP contribution in [0.2, 0.25) is 10.0 Å². The molecule has 4 nitrogen and oxygen atoms in total. The first-order chi connectivity index (χ1) is 14.5. The Morgan fingerprint density at radius 3 is 2.39 bits per heavy atom. The van der Waals surface area contributed by atoms with Crippen molar-refractivity contribution in [2.24, 2.45) is 0 Å². The second-order valence-electron chi connectivity index (χ2n) is 8.67. The first-order valence-electron chi connectivity index (χ1n) is 10.1. The molecule has 0 aliphatic heterocycles. The van der Waals surface area contributed by atoms with Gasteiger partial charge in [-0.3, -0.25) is 9.59 Å². The van der Waals surface area contributed by atoms with E-state index in [4.69, 9.17) is 23.2 Å². The summed E-state index contributed by atoms with van der Waals surface area (Å²) in [5.41, 5.74) is 2.80. The molecule has 0 fully saturated rings. The van der Waals surface area contributed by atoms with Crippen LogP contribution in [0.3, 0.4) is 0 Å². The summed E-state index contributed by atoms with van der Waals surface area (Å²) in [6.07, 6.45) is 0. The fraction of sp³-hybridized carbons (Fsp3) is 0.417. The average molecular weight is 481 g/mol. The van der Waals surface area contributed by atoms with Crippen LogP contribution >= 0.6 is 35.0 Å². The second kappa shape index (κ2) is 11.3. The van der Waals surface area contributed by atoms with E-state index in [1.807, 2.05) is 45.9 Å². The predicted molar refractivity (Wildman–Crippen MR) is 132 cm³/mol. The standard InChI is InChI=1S/C24H30Cl2N2O2S/c1-16-7-6-8-19(11-16)14-31-15-22(29)28(17(2)23(30)27-24(3,4)5)13-18-9-10-20(25)21(26)12-18/h6-12,17H,13-15H2,1-5H3,(H,27,30)/t17-/m0/s1. The van der Waals surface area contributed by atoms with Gasteiger partial charge in [-0.15, -0.1) is 11.8 Å². The fourth-order valence-electron chi connectivity index (χ4n) is 3.03. The molecule has 0 aromatic heterocycles. The average Bonchev–Trinajstić information content (AvgIpc) is 2.67. The van der Waals surface area contributed by atoms with E-state index in [0.29, 0.717) is 10.0 Å². The molecule has 2 amide bonds. The monoisotopic (exact) mass is 480 g/mol. The highest BCUT2D eigenvalue weighted by molar-refractivity contribution is 7.99. The van der Waals surface area contributed by atoms with E-state index in [-0.39, 0.29) is 29.7 Å². The second-order valence-corrected chi connectivity index (χ2v) is 10.5. The Balaban J connectivity index is 2.13. The lowest BCUT2D eigenvalue weighted by atomic mass is 10.1. The zero-order valence-corrected chi connectivity index (χ0v) is 21.0. The molecular weight excluding hydrogens is 451 g/mol. The van der Waals surface area contributed by atoms with Gasteiger partial charge < -0.3 is 10.2 Å². The zero-order chi connectivity index (χ0) is 23.2. The molecule has 168 valence electrons. The van der Waals surface area contributed by atoms with E-state index < -0.39 is 6.04 Å². The highest BCUT2D eigenvalue weighted by Gasteiger charge is 2.28. The molecule has 0 aliphatic rings. The largest absolute Gasteiger partial charge is 0.350 e. The van der Waals surface area contributed by atoms with Crippen LogP contribution in [-0.2, 0) is 21.9 Å². The minimum Gasteiger partial charge on any atom is -0.350 e. The molecule has 0 radical (unpaired) electrons. The molecule has 1 N–H and O–H groups in total. The van der Waals surface area contributed by atoms with Crippen LogP contribution in [0.5, 0.6) is 0 Å². The number of rotatable bonds is 8. The Kier molecular flexibility index (Phi) is 9.28. The SMILES string of the molecule is Cc1cccc(CSCC(=O)N(Cc2ccc(Cl)c(Cl)c2)[C@@H](C)C(=O)NC(C)(C)C)c1. The van der Waals surface area contributed by atoms with Gasteiger partial charge in [0.05, 0.1) is 15.8 Å². The molecule has 0 spiro atoms. The third-order valence-electron chi connectivity index (χ3n) is 4.58. The molecule has 1 atom stereocenters. The number of carbonyl (C=O) groups excluding carboxylic acids is 2. The molecule has 2 aromatic carbocycles. The normalized spacial score (nSPS) is 12.4. The van der Waals surface area contributed by atoms with Gasteiger partial charge in [-0.2, -0.15) is 0 Å². The van der Waals surface area contributed by atoms with Gasteiger partial charge in [0.25, 0.3) is 0 Å². The number of carbonyl (C=O) groups is 2. The van der Waals surface area contributed by atoms with Crippen LogP contribution in [0.1, 0.15) is 44.4 Å². The summed E-state index contributed by atoms with van der Waals surface area (Å²) >= 11 is 13.7. The van der Waals surface area contributed by atoms with Crippen LogP contribution in [0.15, 0.2) is 42.5 Å². The summed E-state index contributed by atoms with van der Waals surface area (Å²) in [7, 11) is 0. The highest BCUT2D eigenvalue weighted by Crippen LogP contribution is 2.24. The molecule has 0 unspecified atom stereocenters. The van der Waals surface area contributed by atoms with Crippen molar-refractivity contribution in [3.05, 3.63) is 69.2 Å². The van der Waals surface area contributed by atoms with Gasteiger partial charge in [0.1, 0.15) is 6.04 Å². The number of halogens is 2. The molecule has 0 aliphatic carbocycles. The van der Waals surface area contributed by atoms with Crippen molar-refractivity contribution in [3.63, 3.8) is 0 Å². The third kappa shape index (κ3) is 8.40. The highest BCUT2D eigenvalue weighted by atomic mass is 35.5. The van der Waals surface area contributed by atoms with Crippen molar-refractivity contribution in [1.82, 2.24) is 10.2 Å². The van der Waals surface area contributed by atoms with Crippen molar-refractivity contribution in [1.29, 1.82) is 0 Å². The van der Waals surface area contributed by atoms with Crippen molar-refractivity contribution in [3.8, 4) is 0 Å². The molecular formula is C24H30Cl2N2O2S. The molecule has 0 heterocycles. The van der Waals surface area contributed by atoms with Gasteiger partial charge >= 0.3 is 0 Å². The summed E-state index contributed by atoms with van der Waals surface area (Å²) in [6, 6.07) is 12.9. The Hall–Kier alpha value is -1.69. The van der Waals surface area contributed by atoms with Crippen LogP contribution in [0, 0.1) is 6.92 Å². The number of benzene rings is 2. The van der Waals surface area contributed by atoms with Crippen molar-refractivity contribution < 1.29 is 9.59 Å². The van der Waals surface area contributed by atoms with Gasteiger partial charge in [-0.1, -0.05) is 59.1 Å². The third-order valence-corrected chi connectivity index (χ3v) is 6.31. The summed E-state index contributed by atoms with van der Waals surface area (Å²) in [6.45, 7) is 9.83. The maximum atomic E-state index is 13.1. The lowest BCUT2D eigenvalue weighted by Crippen LogP contribution is -2.52. The number of nitrogens with zero attached hydrogens (tertiary/aromatic N) is 1. The van der Waals surface area contributed by atoms with Gasteiger partial charge in [0, 0.05) is 17.8 Å². The Bertz CT molecular complexity index is 928. The maximum Gasteiger partial charge on any atom is 0.242 e. The maximum absolute atomic E-state index is 13.1. The molecule has 0 saturated heterocycles. The van der Waals surface area contributed by atoms with E-state index >= 15 is 0 Å². The zero-order valence-electron chi connectivity index (χ0n) is 18.7. The predicted octanol–water partition coefficient (Wildman–Crippen LogP) is 5.87. The van der Waals surface area contributed by atoms with Gasteiger partial charge in [-0.05, 0) is 57.9 Å². The number of nitrogens with one attached hydrogen (secondary N) is 1. The number of thioether (sulfide) groups is 1. The summed E-state index contributed by atoms with van der Waals surface area (Å²) < 4.78 is 0.